The van der Waals surface area contributed by atoms with Gasteiger partial charge < -0.3 is 14.7 Å². The number of thiazole rings is 1. The van der Waals surface area contributed by atoms with Gasteiger partial charge in [-0.25, -0.2) is 4.98 Å². The third kappa shape index (κ3) is 2.78. The number of hydrogen-bond donors (Lipinski definition) is 1. The van der Waals surface area contributed by atoms with Crippen LogP contribution in [0.25, 0.3) is 0 Å². The fourth-order valence-electron chi connectivity index (χ4n) is 2.95. The summed E-state index contributed by atoms with van der Waals surface area (Å²) in [6, 6.07) is 0. The molecule has 4 nitrogen and oxygen atoms in total. The number of aliphatic hydroxyl groups excluding tert-OH is 1. The van der Waals surface area contributed by atoms with Gasteiger partial charge in [0.05, 0.1) is 23.3 Å². The first-order chi connectivity index (χ1) is 9.05. The van der Waals surface area contributed by atoms with E-state index in [-0.39, 0.29) is 11.5 Å². The first kappa shape index (κ1) is 13.3. The van der Waals surface area contributed by atoms with Crippen molar-refractivity contribution in [3.8, 4) is 0 Å². The van der Waals surface area contributed by atoms with Crippen LogP contribution in [0.1, 0.15) is 43.4 Å². The third-order valence-electron chi connectivity index (χ3n) is 3.90. The molecule has 1 aliphatic heterocycles. The van der Waals surface area contributed by atoms with E-state index in [1.807, 2.05) is 0 Å². The van der Waals surface area contributed by atoms with E-state index in [2.05, 4.69) is 18.7 Å². The summed E-state index contributed by atoms with van der Waals surface area (Å²) in [5, 5.41) is 11.4. The predicted octanol–water partition coefficient (Wildman–Crippen LogP) is 2.38. The number of aromatic nitrogens is 1. The van der Waals surface area contributed by atoms with Crippen LogP contribution in [0.5, 0.6) is 0 Å². The van der Waals surface area contributed by atoms with Gasteiger partial charge in [0.1, 0.15) is 0 Å². The van der Waals surface area contributed by atoms with Crippen LogP contribution >= 0.6 is 11.3 Å². The maximum Gasteiger partial charge on any atom is 0.185 e. The monoisotopic (exact) mass is 282 g/mol. The number of anilines is 1. The van der Waals surface area contributed by atoms with E-state index in [0.717, 1.165) is 61.3 Å². The summed E-state index contributed by atoms with van der Waals surface area (Å²) >= 11 is 1.67. The van der Waals surface area contributed by atoms with Gasteiger partial charge in [-0.05, 0) is 24.7 Å². The van der Waals surface area contributed by atoms with Crippen molar-refractivity contribution in [2.24, 2.45) is 5.41 Å². The lowest BCUT2D eigenvalue weighted by Gasteiger charge is -2.31. The molecule has 106 valence electrons. The molecule has 0 spiro atoms. The van der Waals surface area contributed by atoms with E-state index >= 15 is 0 Å². The van der Waals surface area contributed by atoms with Crippen LogP contribution in [0.3, 0.4) is 0 Å². The minimum absolute atomic E-state index is 0.152. The van der Waals surface area contributed by atoms with Gasteiger partial charge in [-0.1, -0.05) is 25.2 Å². The Morgan fingerprint density at radius 3 is 3.05 bits per heavy atom. The Morgan fingerprint density at radius 2 is 2.21 bits per heavy atom. The molecule has 1 aromatic heterocycles. The van der Waals surface area contributed by atoms with E-state index in [1.165, 1.54) is 0 Å². The fraction of sp³-hybridized carbons (Fsp3) is 0.786. The summed E-state index contributed by atoms with van der Waals surface area (Å²) < 4.78 is 5.49. The SMILES string of the molecule is CC1(C)Cc2nc(N3CCCOCC3)sc2C(O)C1. The maximum absolute atomic E-state index is 10.3. The molecule has 1 fully saturated rings. The minimum atomic E-state index is -0.340. The highest BCUT2D eigenvalue weighted by Crippen LogP contribution is 2.44. The molecule has 1 saturated heterocycles. The minimum Gasteiger partial charge on any atom is -0.387 e. The summed E-state index contributed by atoms with van der Waals surface area (Å²) in [6.45, 7) is 7.95. The van der Waals surface area contributed by atoms with Crippen LogP contribution in [0, 0.1) is 5.41 Å². The molecule has 0 radical (unpaired) electrons. The molecule has 2 aliphatic rings. The molecule has 1 aliphatic carbocycles. The molecule has 0 bridgehead atoms. The Morgan fingerprint density at radius 1 is 1.37 bits per heavy atom. The van der Waals surface area contributed by atoms with Crippen molar-refractivity contribution >= 4 is 16.5 Å². The fourth-order valence-corrected chi connectivity index (χ4v) is 4.07. The summed E-state index contributed by atoms with van der Waals surface area (Å²) in [6.07, 6.45) is 2.52. The smallest absolute Gasteiger partial charge is 0.185 e. The first-order valence-corrected chi connectivity index (χ1v) is 7.87. The zero-order valence-electron chi connectivity index (χ0n) is 11.7. The number of fused-ring (bicyclic) bond motifs is 1. The average Bonchev–Trinajstić information content (AvgIpc) is 2.58. The third-order valence-corrected chi connectivity index (χ3v) is 5.16. The molecular formula is C14H22N2O2S. The molecule has 2 heterocycles. The molecule has 3 rings (SSSR count). The van der Waals surface area contributed by atoms with E-state index < -0.39 is 0 Å². The molecule has 1 N–H and O–H groups in total. The Labute approximate surface area is 118 Å². The van der Waals surface area contributed by atoms with Crippen molar-refractivity contribution in [1.82, 2.24) is 4.98 Å². The number of rotatable bonds is 1. The van der Waals surface area contributed by atoms with Gasteiger partial charge in [-0.15, -0.1) is 0 Å². The normalized spacial score (nSPS) is 26.9. The Kier molecular flexibility index (Phi) is 3.53. The number of hydrogen-bond acceptors (Lipinski definition) is 5. The van der Waals surface area contributed by atoms with Gasteiger partial charge in [0.2, 0.25) is 0 Å². The van der Waals surface area contributed by atoms with Crippen LogP contribution in [-0.2, 0) is 11.2 Å². The predicted molar refractivity (Wildman–Crippen MR) is 76.8 cm³/mol. The highest BCUT2D eigenvalue weighted by atomic mass is 32.1. The van der Waals surface area contributed by atoms with Crippen molar-refractivity contribution in [3.05, 3.63) is 10.6 Å². The number of nitrogens with zero attached hydrogens (tertiary/aromatic N) is 2. The van der Waals surface area contributed by atoms with Crippen molar-refractivity contribution in [2.75, 3.05) is 31.2 Å². The highest BCUT2D eigenvalue weighted by Gasteiger charge is 2.34. The quantitative estimate of drug-likeness (QED) is 0.859. The van der Waals surface area contributed by atoms with Crippen LogP contribution in [-0.4, -0.2) is 36.4 Å². The molecule has 0 aromatic carbocycles. The topological polar surface area (TPSA) is 45.6 Å². The summed E-state index contributed by atoms with van der Waals surface area (Å²) in [4.78, 5) is 8.18. The van der Waals surface area contributed by atoms with Crippen LogP contribution < -0.4 is 4.90 Å². The molecule has 19 heavy (non-hydrogen) atoms. The van der Waals surface area contributed by atoms with E-state index in [0.29, 0.717) is 0 Å². The van der Waals surface area contributed by atoms with Crippen molar-refractivity contribution in [1.29, 1.82) is 0 Å². The van der Waals surface area contributed by atoms with Gasteiger partial charge in [0, 0.05) is 19.7 Å². The van der Waals surface area contributed by atoms with Crippen LogP contribution in [0.2, 0.25) is 0 Å². The average molecular weight is 282 g/mol. The van der Waals surface area contributed by atoms with Gasteiger partial charge in [-0.3, -0.25) is 0 Å². The van der Waals surface area contributed by atoms with Crippen molar-refractivity contribution in [2.45, 2.75) is 39.2 Å². The highest BCUT2D eigenvalue weighted by molar-refractivity contribution is 7.15. The second kappa shape index (κ2) is 5.04. The van der Waals surface area contributed by atoms with Crippen molar-refractivity contribution in [3.63, 3.8) is 0 Å². The summed E-state index contributed by atoms with van der Waals surface area (Å²) in [5.74, 6) is 0. The lowest BCUT2D eigenvalue weighted by molar-refractivity contribution is 0.102. The van der Waals surface area contributed by atoms with Gasteiger partial charge in [0.15, 0.2) is 5.13 Å². The number of ether oxygens (including phenoxy) is 1. The molecular weight excluding hydrogens is 260 g/mol. The summed E-state index contributed by atoms with van der Waals surface area (Å²) in [5.41, 5.74) is 1.26. The second-order valence-corrected chi connectivity index (χ2v) is 7.33. The van der Waals surface area contributed by atoms with E-state index in [4.69, 9.17) is 9.72 Å². The largest absolute Gasteiger partial charge is 0.387 e. The standard InChI is InChI=1S/C14H22N2O2S/c1-14(2)8-10-12(11(17)9-14)19-13(15-10)16-4-3-6-18-7-5-16/h11,17H,3-9H2,1-2H3. The molecule has 1 unspecified atom stereocenters. The molecule has 1 atom stereocenters. The maximum atomic E-state index is 10.3. The van der Waals surface area contributed by atoms with Gasteiger partial charge in [-0.2, -0.15) is 0 Å². The van der Waals surface area contributed by atoms with E-state index in [1.54, 1.807) is 11.3 Å². The van der Waals surface area contributed by atoms with Gasteiger partial charge in [0.25, 0.3) is 0 Å². The lowest BCUT2D eigenvalue weighted by atomic mass is 9.77. The molecule has 0 saturated carbocycles. The number of aliphatic hydroxyl groups is 1. The van der Waals surface area contributed by atoms with Gasteiger partial charge >= 0.3 is 0 Å². The van der Waals surface area contributed by atoms with Crippen molar-refractivity contribution < 1.29 is 9.84 Å². The molecule has 0 amide bonds. The molecule has 5 heteroatoms. The zero-order chi connectivity index (χ0) is 13.5. The summed E-state index contributed by atoms with van der Waals surface area (Å²) in [7, 11) is 0. The first-order valence-electron chi connectivity index (χ1n) is 7.05. The van der Waals surface area contributed by atoms with Crippen LogP contribution in [0.4, 0.5) is 5.13 Å². The van der Waals surface area contributed by atoms with E-state index in [9.17, 15) is 5.11 Å². The lowest BCUT2D eigenvalue weighted by Crippen LogP contribution is -2.26. The zero-order valence-corrected chi connectivity index (χ0v) is 12.5. The Balaban J connectivity index is 1.85. The Bertz CT molecular complexity index is 450. The Hall–Kier alpha value is -0.650. The second-order valence-electron chi connectivity index (χ2n) is 6.32. The van der Waals surface area contributed by atoms with Crippen LogP contribution in [0.15, 0.2) is 0 Å². The molecule has 1 aromatic rings.